The maximum atomic E-state index is 11.9. The summed E-state index contributed by atoms with van der Waals surface area (Å²) in [6.07, 6.45) is 2.57. The Hall–Kier alpha value is -2.10. The summed E-state index contributed by atoms with van der Waals surface area (Å²) in [6, 6.07) is 5.78. The number of benzene rings is 1. The topological polar surface area (TPSA) is 52.3 Å². The molecule has 20 heavy (non-hydrogen) atoms. The molecule has 2 aromatic rings. The van der Waals surface area contributed by atoms with Crippen LogP contribution in [0.25, 0.3) is 0 Å². The minimum atomic E-state index is 0.217. The third-order valence-corrected chi connectivity index (χ3v) is 3.80. The van der Waals surface area contributed by atoms with Crippen LogP contribution in [0, 0.1) is 13.8 Å². The monoisotopic (exact) mass is 271 g/mol. The molecule has 0 aliphatic heterocycles. The predicted octanol–water partition coefficient (Wildman–Crippen LogP) is 3.39. The molecule has 0 N–H and O–H groups in total. The minimum Gasteiger partial charge on any atom is -0.489 e. The first-order valence-corrected chi connectivity index (χ1v) is 6.86. The quantitative estimate of drug-likeness (QED) is 0.858. The molecule has 0 saturated heterocycles. The van der Waals surface area contributed by atoms with Crippen molar-refractivity contribution in [3.63, 3.8) is 0 Å². The molecule has 0 radical (unpaired) electrons. The summed E-state index contributed by atoms with van der Waals surface area (Å²) >= 11 is 0. The lowest BCUT2D eigenvalue weighted by Crippen LogP contribution is -2.11. The number of fused-ring (bicyclic) bond motifs is 1. The lowest BCUT2D eigenvalue weighted by Gasteiger charge is -2.15. The number of carbonyl (C=O) groups excluding carboxylic acids is 1. The van der Waals surface area contributed by atoms with Gasteiger partial charge in [-0.1, -0.05) is 11.2 Å². The highest BCUT2D eigenvalue weighted by atomic mass is 16.5. The molecule has 0 spiro atoms. The standard InChI is InChI=1S/C16H17NO3/c1-10-15(11(2)20-17-10)9-19-13-7-6-12-4-3-5-16(18)14(12)8-13/h6-8H,3-5,9H2,1-2H3. The molecule has 4 heteroatoms. The van der Waals surface area contributed by atoms with Crippen molar-refractivity contribution in [2.45, 2.75) is 39.7 Å². The van der Waals surface area contributed by atoms with Crippen molar-refractivity contribution in [2.75, 3.05) is 0 Å². The van der Waals surface area contributed by atoms with Crippen molar-refractivity contribution in [2.24, 2.45) is 0 Å². The molecule has 104 valence electrons. The van der Waals surface area contributed by atoms with Crippen LogP contribution in [0.5, 0.6) is 5.75 Å². The largest absolute Gasteiger partial charge is 0.489 e. The second-order valence-electron chi connectivity index (χ2n) is 5.19. The van der Waals surface area contributed by atoms with Gasteiger partial charge < -0.3 is 9.26 Å². The van der Waals surface area contributed by atoms with E-state index in [1.54, 1.807) is 0 Å². The van der Waals surface area contributed by atoms with Crippen LogP contribution >= 0.6 is 0 Å². The lowest BCUT2D eigenvalue weighted by molar-refractivity contribution is 0.0972. The SMILES string of the molecule is Cc1noc(C)c1COc1ccc2c(c1)C(=O)CCC2. The van der Waals surface area contributed by atoms with E-state index < -0.39 is 0 Å². The zero-order valence-corrected chi connectivity index (χ0v) is 11.7. The van der Waals surface area contributed by atoms with Crippen LogP contribution < -0.4 is 4.74 Å². The van der Waals surface area contributed by atoms with Crippen molar-refractivity contribution in [1.82, 2.24) is 5.16 Å². The van der Waals surface area contributed by atoms with Crippen LogP contribution in [0.1, 0.15) is 45.8 Å². The summed E-state index contributed by atoms with van der Waals surface area (Å²) in [5, 5.41) is 3.90. The van der Waals surface area contributed by atoms with Gasteiger partial charge in [0, 0.05) is 12.0 Å². The van der Waals surface area contributed by atoms with Gasteiger partial charge in [0.25, 0.3) is 0 Å². The molecule has 1 aromatic heterocycles. The Kier molecular flexibility index (Phi) is 3.30. The van der Waals surface area contributed by atoms with Gasteiger partial charge in [-0.15, -0.1) is 0 Å². The number of hydrogen-bond acceptors (Lipinski definition) is 4. The van der Waals surface area contributed by atoms with Crippen molar-refractivity contribution < 1.29 is 14.1 Å². The Bertz CT molecular complexity index is 638. The number of carbonyl (C=O) groups is 1. The van der Waals surface area contributed by atoms with Gasteiger partial charge in [-0.3, -0.25) is 4.79 Å². The summed E-state index contributed by atoms with van der Waals surface area (Å²) < 4.78 is 10.9. The molecule has 0 fully saturated rings. The molecule has 1 aliphatic rings. The molecule has 0 bridgehead atoms. The van der Waals surface area contributed by atoms with Crippen LogP contribution in [0.4, 0.5) is 0 Å². The van der Waals surface area contributed by atoms with Crippen LogP contribution in [0.15, 0.2) is 22.7 Å². The Morgan fingerprint density at radius 1 is 1.30 bits per heavy atom. The average molecular weight is 271 g/mol. The van der Waals surface area contributed by atoms with Crippen molar-refractivity contribution in [3.8, 4) is 5.75 Å². The van der Waals surface area contributed by atoms with Crippen LogP contribution in [0.3, 0.4) is 0 Å². The van der Waals surface area contributed by atoms with E-state index in [1.807, 2.05) is 32.0 Å². The van der Waals surface area contributed by atoms with E-state index in [0.717, 1.165) is 46.7 Å². The second kappa shape index (κ2) is 5.12. The van der Waals surface area contributed by atoms with Crippen molar-refractivity contribution in [1.29, 1.82) is 0 Å². The fourth-order valence-electron chi connectivity index (χ4n) is 2.56. The molecule has 0 unspecified atom stereocenters. The van der Waals surface area contributed by atoms with Gasteiger partial charge in [0.2, 0.25) is 0 Å². The predicted molar refractivity (Wildman–Crippen MR) is 74.0 cm³/mol. The van der Waals surface area contributed by atoms with Crippen LogP contribution in [0.2, 0.25) is 0 Å². The Morgan fingerprint density at radius 3 is 2.90 bits per heavy atom. The first kappa shape index (κ1) is 12.9. The maximum absolute atomic E-state index is 11.9. The first-order chi connectivity index (χ1) is 9.65. The zero-order chi connectivity index (χ0) is 14.1. The fraction of sp³-hybridized carbons (Fsp3) is 0.375. The molecule has 4 nitrogen and oxygen atoms in total. The highest BCUT2D eigenvalue weighted by Gasteiger charge is 2.18. The van der Waals surface area contributed by atoms with E-state index in [1.165, 1.54) is 0 Å². The zero-order valence-electron chi connectivity index (χ0n) is 11.7. The smallest absolute Gasteiger partial charge is 0.163 e. The number of aromatic nitrogens is 1. The fourth-order valence-corrected chi connectivity index (χ4v) is 2.56. The molecule has 0 saturated carbocycles. The van der Waals surface area contributed by atoms with Gasteiger partial charge in [-0.2, -0.15) is 0 Å². The Morgan fingerprint density at radius 2 is 2.15 bits per heavy atom. The van der Waals surface area contributed by atoms with Gasteiger partial charge in [0.15, 0.2) is 5.78 Å². The first-order valence-electron chi connectivity index (χ1n) is 6.86. The number of nitrogens with zero attached hydrogens (tertiary/aromatic N) is 1. The molecule has 1 heterocycles. The van der Waals surface area contributed by atoms with E-state index in [2.05, 4.69) is 5.16 Å². The van der Waals surface area contributed by atoms with E-state index >= 15 is 0 Å². The third kappa shape index (κ3) is 2.33. The Balaban J connectivity index is 1.79. The molecular weight excluding hydrogens is 254 g/mol. The number of ether oxygens (including phenoxy) is 1. The third-order valence-electron chi connectivity index (χ3n) is 3.80. The molecular formula is C16H17NO3. The number of ketones is 1. The Labute approximate surface area is 117 Å². The summed E-state index contributed by atoms with van der Waals surface area (Å²) in [5.74, 6) is 1.71. The lowest BCUT2D eigenvalue weighted by atomic mass is 9.90. The number of aryl methyl sites for hydroxylation is 3. The van der Waals surface area contributed by atoms with Crippen LogP contribution in [-0.4, -0.2) is 10.9 Å². The van der Waals surface area contributed by atoms with Gasteiger partial charge in [0.05, 0.1) is 11.3 Å². The normalized spacial score (nSPS) is 14.2. The summed E-state index contributed by atoms with van der Waals surface area (Å²) in [4.78, 5) is 11.9. The summed E-state index contributed by atoms with van der Waals surface area (Å²) in [6.45, 7) is 4.18. The van der Waals surface area contributed by atoms with Gasteiger partial charge in [0.1, 0.15) is 18.1 Å². The minimum absolute atomic E-state index is 0.217. The molecule has 0 atom stereocenters. The molecule has 1 aromatic carbocycles. The number of rotatable bonds is 3. The van der Waals surface area contributed by atoms with E-state index in [0.29, 0.717) is 13.0 Å². The van der Waals surface area contributed by atoms with Gasteiger partial charge >= 0.3 is 0 Å². The van der Waals surface area contributed by atoms with E-state index in [-0.39, 0.29) is 5.78 Å². The molecule has 3 rings (SSSR count). The highest BCUT2D eigenvalue weighted by molar-refractivity contribution is 5.98. The number of hydrogen-bond donors (Lipinski definition) is 0. The van der Waals surface area contributed by atoms with Crippen LogP contribution in [-0.2, 0) is 13.0 Å². The highest BCUT2D eigenvalue weighted by Crippen LogP contribution is 2.26. The molecule has 0 amide bonds. The van der Waals surface area contributed by atoms with Crippen molar-refractivity contribution in [3.05, 3.63) is 46.3 Å². The van der Waals surface area contributed by atoms with E-state index in [4.69, 9.17) is 9.26 Å². The van der Waals surface area contributed by atoms with Gasteiger partial charge in [-0.05, 0) is 44.4 Å². The van der Waals surface area contributed by atoms with Crippen molar-refractivity contribution >= 4 is 5.78 Å². The maximum Gasteiger partial charge on any atom is 0.163 e. The molecule has 1 aliphatic carbocycles. The summed E-state index contributed by atoms with van der Waals surface area (Å²) in [5.41, 5.74) is 3.75. The number of Topliss-reactive ketones (excluding diaryl/α,β-unsaturated/α-hetero) is 1. The summed E-state index contributed by atoms with van der Waals surface area (Å²) in [7, 11) is 0. The van der Waals surface area contributed by atoms with Gasteiger partial charge in [-0.25, -0.2) is 0 Å². The van der Waals surface area contributed by atoms with E-state index in [9.17, 15) is 4.79 Å². The average Bonchev–Trinajstić information content (AvgIpc) is 2.76. The second-order valence-corrected chi connectivity index (χ2v) is 5.19.